The number of carbonyl (C=O) groups excluding carboxylic acids is 1. The highest BCUT2D eigenvalue weighted by Crippen LogP contribution is 2.33. The molecular formula is C23H21F3N4O2S. The molecule has 0 bridgehead atoms. The second-order valence-electron chi connectivity index (χ2n) is 8.09. The van der Waals surface area contributed by atoms with E-state index in [9.17, 15) is 18.0 Å². The van der Waals surface area contributed by atoms with Crippen LogP contribution in [0.3, 0.4) is 0 Å². The molecule has 1 aliphatic heterocycles. The number of benzene rings is 2. The van der Waals surface area contributed by atoms with Gasteiger partial charge in [0.1, 0.15) is 5.52 Å². The van der Waals surface area contributed by atoms with E-state index in [-0.39, 0.29) is 24.1 Å². The predicted octanol–water partition coefficient (Wildman–Crippen LogP) is 5.23. The smallest absolute Gasteiger partial charge is 0.431 e. The number of likely N-dealkylation sites (tertiary alicyclic amines) is 1. The van der Waals surface area contributed by atoms with Gasteiger partial charge in [-0.05, 0) is 43.0 Å². The SMILES string of the molecule is O=C(CSc1nc2ccccc2o1)N1CCC(Cn2c(C(F)(F)F)nc3ccccc32)CC1. The summed E-state index contributed by atoms with van der Waals surface area (Å²) in [6, 6.07) is 14.1. The fourth-order valence-electron chi connectivity index (χ4n) is 4.23. The van der Waals surface area contributed by atoms with Crippen LogP contribution in [0.2, 0.25) is 0 Å². The number of carbonyl (C=O) groups is 1. The quantitative estimate of drug-likeness (QED) is 0.371. The molecule has 0 unspecified atom stereocenters. The minimum absolute atomic E-state index is 0.0234. The first kappa shape index (κ1) is 21.8. The Labute approximate surface area is 191 Å². The number of hydrogen-bond donors (Lipinski definition) is 0. The molecule has 5 rings (SSSR count). The van der Waals surface area contributed by atoms with Gasteiger partial charge in [-0.3, -0.25) is 4.79 Å². The van der Waals surface area contributed by atoms with Crippen LogP contribution in [0.25, 0.3) is 22.1 Å². The third-order valence-corrected chi connectivity index (χ3v) is 6.72. The van der Waals surface area contributed by atoms with Gasteiger partial charge in [0.15, 0.2) is 5.58 Å². The molecule has 3 heterocycles. The molecular weight excluding hydrogens is 453 g/mol. The van der Waals surface area contributed by atoms with Crippen LogP contribution in [0.1, 0.15) is 18.7 Å². The highest BCUT2D eigenvalue weighted by molar-refractivity contribution is 7.99. The van der Waals surface area contributed by atoms with Crippen molar-refractivity contribution >= 4 is 39.8 Å². The number of para-hydroxylation sites is 4. The van der Waals surface area contributed by atoms with Crippen molar-refractivity contribution < 1.29 is 22.4 Å². The van der Waals surface area contributed by atoms with Gasteiger partial charge >= 0.3 is 6.18 Å². The number of halogens is 3. The van der Waals surface area contributed by atoms with Crippen molar-refractivity contribution in [3.8, 4) is 0 Å². The summed E-state index contributed by atoms with van der Waals surface area (Å²) in [5.74, 6) is -0.638. The standard InChI is InChI=1S/C23H21F3N4O2S/c24-23(25,26)21-27-16-5-1-3-7-18(16)30(21)13-15-9-11-29(12-10-15)20(31)14-33-22-28-17-6-2-4-8-19(17)32-22/h1-8,15H,9-14H2. The van der Waals surface area contributed by atoms with E-state index in [0.29, 0.717) is 47.8 Å². The number of imidazole rings is 1. The molecule has 1 aliphatic rings. The normalized spacial score (nSPS) is 15.5. The molecule has 2 aromatic heterocycles. The third kappa shape index (κ3) is 4.57. The summed E-state index contributed by atoms with van der Waals surface area (Å²) in [7, 11) is 0. The van der Waals surface area contributed by atoms with E-state index in [1.165, 1.54) is 16.3 Å². The lowest BCUT2D eigenvalue weighted by Crippen LogP contribution is -2.40. The van der Waals surface area contributed by atoms with Crippen LogP contribution < -0.4 is 0 Å². The molecule has 33 heavy (non-hydrogen) atoms. The summed E-state index contributed by atoms with van der Waals surface area (Å²) in [5.41, 5.74) is 2.25. The van der Waals surface area contributed by atoms with E-state index in [2.05, 4.69) is 9.97 Å². The maximum atomic E-state index is 13.6. The zero-order valence-corrected chi connectivity index (χ0v) is 18.4. The zero-order chi connectivity index (χ0) is 23.0. The van der Waals surface area contributed by atoms with Crippen molar-refractivity contribution in [1.29, 1.82) is 0 Å². The maximum Gasteiger partial charge on any atom is 0.449 e. The Balaban J connectivity index is 1.19. The van der Waals surface area contributed by atoms with Gasteiger partial charge in [0.25, 0.3) is 5.22 Å². The molecule has 10 heteroatoms. The van der Waals surface area contributed by atoms with Gasteiger partial charge in [-0.25, -0.2) is 9.97 Å². The molecule has 0 saturated carbocycles. The molecule has 172 valence electrons. The fourth-order valence-corrected chi connectivity index (χ4v) is 4.97. The lowest BCUT2D eigenvalue weighted by molar-refractivity contribution is -0.147. The molecule has 4 aromatic rings. The van der Waals surface area contributed by atoms with Crippen molar-refractivity contribution in [2.45, 2.75) is 30.8 Å². The van der Waals surface area contributed by atoms with Gasteiger partial charge in [-0.2, -0.15) is 13.2 Å². The van der Waals surface area contributed by atoms with Crippen molar-refractivity contribution in [3.05, 3.63) is 54.4 Å². The highest BCUT2D eigenvalue weighted by atomic mass is 32.2. The molecule has 0 radical (unpaired) electrons. The van der Waals surface area contributed by atoms with Crippen LogP contribution in [0.4, 0.5) is 13.2 Å². The number of hydrogen-bond acceptors (Lipinski definition) is 5. The lowest BCUT2D eigenvalue weighted by Gasteiger charge is -2.32. The number of alkyl halides is 3. The fraction of sp³-hybridized carbons (Fsp3) is 0.348. The van der Waals surface area contributed by atoms with Crippen LogP contribution in [0.15, 0.2) is 58.2 Å². The Bertz CT molecular complexity index is 1260. The van der Waals surface area contributed by atoms with Crippen molar-refractivity contribution in [2.75, 3.05) is 18.8 Å². The number of thioether (sulfide) groups is 1. The Morgan fingerprint density at radius 1 is 1.03 bits per heavy atom. The van der Waals surface area contributed by atoms with E-state index in [1.54, 1.807) is 29.2 Å². The lowest BCUT2D eigenvalue weighted by atomic mass is 9.96. The average molecular weight is 475 g/mol. The van der Waals surface area contributed by atoms with Crippen molar-refractivity contribution in [2.24, 2.45) is 5.92 Å². The van der Waals surface area contributed by atoms with Crippen LogP contribution in [0.5, 0.6) is 0 Å². The number of amides is 1. The summed E-state index contributed by atoms with van der Waals surface area (Å²) in [6.45, 7) is 1.27. The van der Waals surface area contributed by atoms with Gasteiger partial charge < -0.3 is 13.9 Å². The van der Waals surface area contributed by atoms with Crippen LogP contribution in [0, 0.1) is 5.92 Å². The molecule has 0 atom stereocenters. The summed E-state index contributed by atoms with van der Waals surface area (Å²) in [4.78, 5) is 22.6. The molecule has 6 nitrogen and oxygen atoms in total. The van der Waals surface area contributed by atoms with Crippen LogP contribution in [-0.4, -0.2) is 44.2 Å². The number of aromatic nitrogens is 3. The second-order valence-corrected chi connectivity index (χ2v) is 9.02. The van der Waals surface area contributed by atoms with Crippen molar-refractivity contribution in [1.82, 2.24) is 19.4 Å². The Kier molecular flexibility index (Phi) is 5.77. The molecule has 0 spiro atoms. The second kappa shape index (κ2) is 8.74. The third-order valence-electron chi connectivity index (χ3n) is 5.91. The van der Waals surface area contributed by atoms with E-state index in [0.717, 1.165) is 5.52 Å². The number of fused-ring (bicyclic) bond motifs is 2. The Morgan fingerprint density at radius 3 is 2.45 bits per heavy atom. The number of oxazole rings is 1. The number of piperidine rings is 1. The predicted molar refractivity (Wildman–Crippen MR) is 119 cm³/mol. The molecule has 0 aliphatic carbocycles. The largest absolute Gasteiger partial charge is 0.449 e. The van der Waals surface area contributed by atoms with E-state index < -0.39 is 12.0 Å². The minimum atomic E-state index is -4.52. The molecule has 2 aromatic carbocycles. The van der Waals surface area contributed by atoms with Gasteiger partial charge in [0.05, 0.1) is 16.8 Å². The number of nitrogens with zero attached hydrogens (tertiary/aromatic N) is 4. The minimum Gasteiger partial charge on any atom is -0.431 e. The Morgan fingerprint density at radius 2 is 1.73 bits per heavy atom. The van der Waals surface area contributed by atoms with Gasteiger partial charge in [-0.15, -0.1) is 0 Å². The summed E-state index contributed by atoms with van der Waals surface area (Å²) < 4.78 is 47.6. The van der Waals surface area contributed by atoms with Crippen LogP contribution >= 0.6 is 11.8 Å². The summed E-state index contributed by atoms with van der Waals surface area (Å²) in [6.07, 6.45) is -3.23. The molecule has 1 amide bonds. The van der Waals surface area contributed by atoms with Gasteiger partial charge in [-0.1, -0.05) is 36.0 Å². The van der Waals surface area contributed by atoms with Gasteiger partial charge in [0.2, 0.25) is 11.7 Å². The van der Waals surface area contributed by atoms with Crippen LogP contribution in [-0.2, 0) is 17.5 Å². The first-order valence-electron chi connectivity index (χ1n) is 10.7. The number of rotatable bonds is 5. The first-order chi connectivity index (χ1) is 15.9. The van der Waals surface area contributed by atoms with E-state index >= 15 is 0 Å². The van der Waals surface area contributed by atoms with Gasteiger partial charge in [0, 0.05) is 19.6 Å². The monoisotopic (exact) mass is 474 g/mol. The molecule has 1 saturated heterocycles. The summed E-state index contributed by atoms with van der Waals surface area (Å²) >= 11 is 1.25. The van der Waals surface area contributed by atoms with Crippen molar-refractivity contribution in [3.63, 3.8) is 0 Å². The topological polar surface area (TPSA) is 64.2 Å². The molecule has 1 fully saturated rings. The summed E-state index contributed by atoms with van der Waals surface area (Å²) in [5, 5.41) is 0.450. The Hall–Kier alpha value is -3.01. The van der Waals surface area contributed by atoms with E-state index in [1.807, 2.05) is 24.3 Å². The zero-order valence-electron chi connectivity index (χ0n) is 17.6. The van der Waals surface area contributed by atoms with E-state index in [4.69, 9.17) is 4.42 Å². The highest BCUT2D eigenvalue weighted by Gasteiger charge is 2.38. The maximum absolute atomic E-state index is 13.6. The average Bonchev–Trinajstić information content (AvgIpc) is 3.39. The molecule has 0 N–H and O–H groups in total. The first-order valence-corrected chi connectivity index (χ1v) is 11.7.